The SMILES string of the molecule is CCOC(O)c1cc2cc(B3OC(C)(C)C(C)(C)O3)ccc2n1C. The molecule has 2 aromatic rings. The van der Waals surface area contributed by atoms with Gasteiger partial charge in [0.15, 0.2) is 6.29 Å². The van der Waals surface area contributed by atoms with Gasteiger partial charge in [0, 0.05) is 19.2 Å². The van der Waals surface area contributed by atoms with Crippen LogP contribution >= 0.6 is 0 Å². The van der Waals surface area contributed by atoms with Crippen molar-refractivity contribution in [3.8, 4) is 0 Å². The molecular weight excluding hydrogens is 305 g/mol. The van der Waals surface area contributed by atoms with Crippen LogP contribution in [-0.2, 0) is 21.1 Å². The number of rotatable bonds is 4. The molecule has 24 heavy (non-hydrogen) atoms. The lowest BCUT2D eigenvalue weighted by Gasteiger charge is -2.32. The second-order valence-corrected chi connectivity index (χ2v) is 7.34. The quantitative estimate of drug-likeness (QED) is 0.691. The summed E-state index contributed by atoms with van der Waals surface area (Å²) in [4.78, 5) is 0. The molecule has 1 unspecified atom stereocenters. The van der Waals surface area contributed by atoms with Crippen LogP contribution in [-0.4, -0.2) is 34.6 Å². The number of nitrogens with zero attached hydrogens (tertiary/aromatic N) is 1. The van der Waals surface area contributed by atoms with Crippen LogP contribution in [0.25, 0.3) is 10.9 Å². The summed E-state index contributed by atoms with van der Waals surface area (Å²) in [5, 5.41) is 11.2. The minimum Gasteiger partial charge on any atom is -0.399 e. The van der Waals surface area contributed by atoms with E-state index in [1.165, 1.54) is 0 Å². The average molecular weight is 331 g/mol. The summed E-state index contributed by atoms with van der Waals surface area (Å²) < 4.78 is 19.5. The molecule has 1 fully saturated rings. The molecule has 0 aliphatic carbocycles. The first-order valence-electron chi connectivity index (χ1n) is 8.41. The lowest BCUT2D eigenvalue weighted by molar-refractivity contribution is -0.102. The topological polar surface area (TPSA) is 52.9 Å². The fourth-order valence-corrected chi connectivity index (χ4v) is 3.00. The molecule has 6 heteroatoms. The van der Waals surface area contributed by atoms with E-state index in [1.807, 2.05) is 64.4 Å². The third kappa shape index (κ3) is 2.77. The number of fused-ring (bicyclic) bond motifs is 1. The van der Waals surface area contributed by atoms with Crippen molar-refractivity contribution in [3.05, 3.63) is 30.0 Å². The third-order valence-electron chi connectivity index (χ3n) is 5.21. The van der Waals surface area contributed by atoms with Gasteiger partial charge in [0.2, 0.25) is 0 Å². The first-order valence-corrected chi connectivity index (χ1v) is 8.41. The number of hydrogen-bond acceptors (Lipinski definition) is 4. The molecule has 0 amide bonds. The average Bonchev–Trinajstić information content (AvgIpc) is 2.93. The lowest BCUT2D eigenvalue weighted by Crippen LogP contribution is -2.41. The number of hydrogen-bond donors (Lipinski definition) is 1. The van der Waals surface area contributed by atoms with E-state index < -0.39 is 6.29 Å². The molecule has 1 atom stereocenters. The van der Waals surface area contributed by atoms with Gasteiger partial charge in [0.05, 0.1) is 16.9 Å². The molecule has 1 aliphatic rings. The first kappa shape index (κ1) is 17.5. The Kier molecular flexibility index (Phi) is 4.28. The Bertz CT molecular complexity index is 737. The standard InChI is InChI=1S/C18H26BNO4/c1-7-22-16(21)15-11-12-10-13(8-9-14(12)20(15)6)19-23-17(2,3)18(4,5)24-19/h8-11,16,21H,7H2,1-6H3. The highest BCUT2D eigenvalue weighted by atomic mass is 16.7. The molecule has 0 radical (unpaired) electrons. The molecule has 1 saturated heterocycles. The van der Waals surface area contributed by atoms with Gasteiger partial charge in [0.1, 0.15) is 0 Å². The number of aryl methyl sites for hydroxylation is 1. The minimum atomic E-state index is -0.923. The van der Waals surface area contributed by atoms with Gasteiger partial charge in [-0.3, -0.25) is 0 Å². The second-order valence-electron chi connectivity index (χ2n) is 7.34. The van der Waals surface area contributed by atoms with Gasteiger partial charge in [0.25, 0.3) is 0 Å². The molecule has 130 valence electrons. The Hall–Kier alpha value is -1.34. The Labute approximate surface area is 143 Å². The molecule has 2 heterocycles. The van der Waals surface area contributed by atoms with Gasteiger partial charge in [-0.1, -0.05) is 12.1 Å². The summed E-state index contributed by atoms with van der Waals surface area (Å²) >= 11 is 0. The van der Waals surface area contributed by atoms with Crippen LogP contribution in [0.4, 0.5) is 0 Å². The maximum atomic E-state index is 10.1. The van der Waals surface area contributed by atoms with Crippen molar-refractivity contribution in [2.75, 3.05) is 6.61 Å². The van der Waals surface area contributed by atoms with Gasteiger partial charge in [-0.2, -0.15) is 0 Å². The maximum Gasteiger partial charge on any atom is 0.494 e. The lowest BCUT2D eigenvalue weighted by atomic mass is 9.78. The van der Waals surface area contributed by atoms with Gasteiger partial charge in [-0.25, -0.2) is 0 Å². The summed E-state index contributed by atoms with van der Waals surface area (Å²) in [6.45, 7) is 10.5. The van der Waals surface area contributed by atoms with Crippen molar-refractivity contribution in [2.24, 2.45) is 7.05 Å². The molecule has 0 spiro atoms. The molecular formula is C18H26BNO4. The number of aliphatic hydroxyl groups excluding tert-OH is 1. The molecule has 1 aliphatic heterocycles. The Morgan fingerprint density at radius 2 is 1.79 bits per heavy atom. The van der Waals surface area contributed by atoms with E-state index in [4.69, 9.17) is 14.0 Å². The number of ether oxygens (including phenoxy) is 1. The Balaban J connectivity index is 1.95. The largest absolute Gasteiger partial charge is 0.494 e. The van der Waals surface area contributed by atoms with Crippen molar-refractivity contribution in [3.63, 3.8) is 0 Å². The van der Waals surface area contributed by atoms with Gasteiger partial charge >= 0.3 is 7.12 Å². The van der Waals surface area contributed by atoms with Crippen LogP contribution in [0.3, 0.4) is 0 Å². The van der Waals surface area contributed by atoms with Crippen LogP contribution in [0, 0.1) is 0 Å². The summed E-state index contributed by atoms with van der Waals surface area (Å²) in [5.41, 5.74) is 2.02. The van der Waals surface area contributed by atoms with E-state index >= 15 is 0 Å². The minimum absolute atomic E-state index is 0.361. The zero-order valence-corrected chi connectivity index (χ0v) is 15.3. The number of benzene rings is 1. The van der Waals surface area contributed by atoms with Crippen molar-refractivity contribution in [2.45, 2.75) is 52.1 Å². The predicted molar refractivity (Wildman–Crippen MR) is 95.2 cm³/mol. The maximum absolute atomic E-state index is 10.1. The van der Waals surface area contributed by atoms with Crippen molar-refractivity contribution >= 4 is 23.5 Å². The van der Waals surface area contributed by atoms with Crippen LogP contribution in [0.5, 0.6) is 0 Å². The van der Waals surface area contributed by atoms with Crippen LogP contribution in [0.15, 0.2) is 24.3 Å². The number of aromatic nitrogens is 1. The zero-order valence-electron chi connectivity index (χ0n) is 15.3. The predicted octanol–water partition coefficient (Wildman–Crippen LogP) is 2.50. The summed E-state index contributed by atoms with van der Waals surface area (Å²) in [7, 11) is 1.54. The fourth-order valence-electron chi connectivity index (χ4n) is 3.00. The summed E-state index contributed by atoms with van der Waals surface area (Å²) in [5.74, 6) is 0. The normalized spacial score (nSPS) is 20.7. The molecule has 1 aromatic carbocycles. The third-order valence-corrected chi connectivity index (χ3v) is 5.21. The molecule has 5 nitrogen and oxygen atoms in total. The van der Waals surface area contributed by atoms with E-state index in [0.29, 0.717) is 6.61 Å². The van der Waals surface area contributed by atoms with E-state index in [1.54, 1.807) is 0 Å². The van der Waals surface area contributed by atoms with Gasteiger partial charge < -0.3 is 23.7 Å². The first-order chi connectivity index (χ1) is 11.2. The van der Waals surface area contributed by atoms with Crippen molar-refractivity contribution in [1.29, 1.82) is 0 Å². The van der Waals surface area contributed by atoms with Gasteiger partial charge in [-0.15, -0.1) is 0 Å². The highest BCUT2D eigenvalue weighted by molar-refractivity contribution is 6.62. The van der Waals surface area contributed by atoms with E-state index in [-0.39, 0.29) is 18.3 Å². The van der Waals surface area contributed by atoms with Gasteiger partial charge in [-0.05, 0) is 57.6 Å². The highest BCUT2D eigenvalue weighted by Crippen LogP contribution is 2.36. The van der Waals surface area contributed by atoms with Crippen molar-refractivity contribution in [1.82, 2.24) is 4.57 Å². The molecule has 3 rings (SSSR count). The zero-order chi connectivity index (χ0) is 17.7. The molecule has 0 bridgehead atoms. The molecule has 0 saturated carbocycles. The number of aliphatic hydroxyl groups is 1. The molecule has 1 N–H and O–H groups in total. The van der Waals surface area contributed by atoms with E-state index in [0.717, 1.165) is 22.1 Å². The smallest absolute Gasteiger partial charge is 0.399 e. The van der Waals surface area contributed by atoms with E-state index in [2.05, 4.69) is 6.07 Å². The highest BCUT2D eigenvalue weighted by Gasteiger charge is 2.51. The molecule has 1 aromatic heterocycles. The van der Waals surface area contributed by atoms with Crippen LogP contribution in [0.1, 0.15) is 46.6 Å². The van der Waals surface area contributed by atoms with E-state index in [9.17, 15) is 5.11 Å². The fraction of sp³-hybridized carbons (Fsp3) is 0.556. The second kappa shape index (κ2) is 5.88. The van der Waals surface area contributed by atoms with Crippen LogP contribution in [0.2, 0.25) is 0 Å². The van der Waals surface area contributed by atoms with Crippen LogP contribution < -0.4 is 5.46 Å². The Morgan fingerprint density at radius 1 is 1.17 bits per heavy atom. The summed E-state index contributed by atoms with van der Waals surface area (Å²) in [6.07, 6.45) is -0.923. The monoisotopic (exact) mass is 331 g/mol. The van der Waals surface area contributed by atoms with Crippen molar-refractivity contribution < 1.29 is 19.2 Å². The summed E-state index contributed by atoms with van der Waals surface area (Å²) in [6, 6.07) is 8.04. The Morgan fingerprint density at radius 3 is 2.38 bits per heavy atom.